The van der Waals surface area contributed by atoms with E-state index in [1.165, 1.54) is 30.0 Å². The molecule has 33 heavy (non-hydrogen) atoms. The molecule has 9 nitrogen and oxygen atoms in total. The summed E-state index contributed by atoms with van der Waals surface area (Å²) in [6.07, 6.45) is -0.337. The Hall–Kier alpha value is -3.11. The molecule has 3 aromatic rings. The second-order valence-electron chi connectivity index (χ2n) is 7.43. The summed E-state index contributed by atoms with van der Waals surface area (Å²) in [4.78, 5) is 22.8. The minimum absolute atomic E-state index is 0.00751. The molecule has 0 fully saturated rings. The van der Waals surface area contributed by atoms with Gasteiger partial charge in [-0.25, -0.2) is 0 Å². The molecule has 1 amide bonds. The highest BCUT2D eigenvalue weighted by Crippen LogP contribution is 2.28. The van der Waals surface area contributed by atoms with Crippen molar-refractivity contribution in [1.82, 2.24) is 14.8 Å². The number of ether oxygens (including phenoxy) is 1. The number of thioether (sulfide) groups is 1. The minimum atomic E-state index is -0.598. The smallest absolute Gasteiger partial charge is 0.289 e. The number of aromatic nitrogens is 3. The zero-order valence-corrected chi connectivity index (χ0v) is 20.2. The number of carbonyl (C=O) groups is 1. The van der Waals surface area contributed by atoms with Crippen LogP contribution in [0.3, 0.4) is 0 Å². The number of amides is 1. The molecule has 0 aliphatic rings. The fourth-order valence-electron chi connectivity index (χ4n) is 3.32. The van der Waals surface area contributed by atoms with Gasteiger partial charge in [0.15, 0.2) is 17.1 Å². The van der Waals surface area contributed by atoms with Crippen molar-refractivity contribution < 1.29 is 14.5 Å². The molecule has 2 aromatic carbocycles. The molecule has 0 saturated heterocycles. The minimum Gasteiger partial charge on any atom is -0.483 e. The van der Waals surface area contributed by atoms with E-state index >= 15 is 0 Å². The van der Waals surface area contributed by atoms with Gasteiger partial charge in [-0.05, 0) is 63.1 Å². The zero-order valence-electron chi connectivity index (χ0n) is 18.7. The number of benzene rings is 2. The van der Waals surface area contributed by atoms with Crippen molar-refractivity contribution in [3.8, 4) is 5.75 Å². The lowest BCUT2D eigenvalue weighted by atomic mass is 10.1. The van der Waals surface area contributed by atoms with Gasteiger partial charge in [0.05, 0.1) is 10.7 Å². The highest BCUT2D eigenvalue weighted by Gasteiger charge is 2.20. The molecular weight excluding hydrogens is 466 g/mol. The molecule has 3 rings (SSSR count). The van der Waals surface area contributed by atoms with Crippen molar-refractivity contribution in [2.24, 2.45) is 0 Å². The first-order chi connectivity index (χ1) is 15.7. The molecular formula is C22H24ClN5O4S. The molecule has 0 aliphatic carbocycles. The number of hydrogen-bond donors (Lipinski definition) is 1. The largest absolute Gasteiger partial charge is 0.483 e. The Balaban J connectivity index is 1.65. The standard InChI is InChI=1S/C22H24ClN5O4S/c1-5-27-21(15(4)32-17-9-13(2)8-14(3)10-17)25-26-22(27)33-12-20(29)24-16-6-7-18(23)19(11-16)28(30)31/h6-11,15H,5,12H2,1-4H3,(H,24,29). The number of carbonyl (C=O) groups excluding carboxylic acids is 1. The third-order valence-corrected chi connectivity index (χ3v) is 5.98. The van der Waals surface area contributed by atoms with Gasteiger partial charge in [-0.3, -0.25) is 14.9 Å². The van der Waals surface area contributed by atoms with E-state index in [9.17, 15) is 14.9 Å². The first kappa shape index (κ1) is 24.5. The van der Waals surface area contributed by atoms with Gasteiger partial charge in [-0.15, -0.1) is 10.2 Å². The van der Waals surface area contributed by atoms with Gasteiger partial charge in [-0.2, -0.15) is 0 Å². The Morgan fingerprint density at radius 3 is 2.58 bits per heavy atom. The highest BCUT2D eigenvalue weighted by atomic mass is 35.5. The number of nitrogens with zero attached hydrogens (tertiary/aromatic N) is 4. The fourth-order valence-corrected chi connectivity index (χ4v) is 4.32. The van der Waals surface area contributed by atoms with Crippen LogP contribution in [0, 0.1) is 24.0 Å². The maximum Gasteiger partial charge on any atom is 0.289 e. The maximum atomic E-state index is 12.4. The zero-order chi connectivity index (χ0) is 24.1. The normalized spacial score (nSPS) is 11.8. The third kappa shape index (κ3) is 6.23. The van der Waals surface area contributed by atoms with Gasteiger partial charge in [0.1, 0.15) is 10.8 Å². The van der Waals surface area contributed by atoms with Gasteiger partial charge >= 0.3 is 0 Å². The van der Waals surface area contributed by atoms with E-state index in [0.717, 1.165) is 16.9 Å². The van der Waals surface area contributed by atoms with Crippen molar-refractivity contribution in [1.29, 1.82) is 0 Å². The summed E-state index contributed by atoms with van der Waals surface area (Å²) >= 11 is 7.03. The number of nitro benzene ring substituents is 1. The van der Waals surface area contributed by atoms with E-state index in [4.69, 9.17) is 16.3 Å². The summed E-state index contributed by atoms with van der Waals surface area (Å²) in [6.45, 7) is 8.51. The summed E-state index contributed by atoms with van der Waals surface area (Å²) < 4.78 is 7.99. The SMILES string of the molecule is CCn1c(SCC(=O)Nc2ccc(Cl)c([N+](=O)[O-])c2)nnc1C(C)Oc1cc(C)cc(C)c1. The molecule has 174 valence electrons. The van der Waals surface area contributed by atoms with Crippen molar-refractivity contribution in [3.63, 3.8) is 0 Å². The number of anilines is 1. The predicted octanol–water partition coefficient (Wildman–Crippen LogP) is 5.35. The van der Waals surface area contributed by atoms with Crippen LogP contribution < -0.4 is 10.1 Å². The molecule has 0 radical (unpaired) electrons. The van der Waals surface area contributed by atoms with E-state index in [-0.39, 0.29) is 28.5 Å². The Bertz CT molecular complexity index is 1160. The number of aryl methyl sites for hydroxylation is 2. The maximum absolute atomic E-state index is 12.4. The van der Waals surface area contributed by atoms with Gasteiger partial charge in [0, 0.05) is 18.3 Å². The first-order valence-electron chi connectivity index (χ1n) is 10.2. The Labute approximate surface area is 200 Å². The van der Waals surface area contributed by atoms with Crippen LogP contribution in [0.5, 0.6) is 5.75 Å². The number of nitrogens with one attached hydrogen (secondary N) is 1. The predicted molar refractivity (Wildman–Crippen MR) is 128 cm³/mol. The summed E-state index contributed by atoms with van der Waals surface area (Å²) in [5.74, 6) is 1.15. The summed E-state index contributed by atoms with van der Waals surface area (Å²) in [5, 5.41) is 22.8. The van der Waals surface area contributed by atoms with Crippen molar-refractivity contribution >= 4 is 40.6 Å². The van der Waals surface area contributed by atoms with E-state index in [1.54, 1.807) is 0 Å². The van der Waals surface area contributed by atoms with E-state index in [2.05, 4.69) is 21.6 Å². The van der Waals surface area contributed by atoms with Gasteiger partial charge in [0.2, 0.25) is 5.91 Å². The monoisotopic (exact) mass is 489 g/mol. The van der Waals surface area contributed by atoms with Crippen molar-refractivity contribution in [3.05, 3.63) is 68.5 Å². The fraction of sp³-hybridized carbons (Fsp3) is 0.318. The van der Waals surface area contributed by atoms with E-state index < -0.39 is 4.92 Å². The highest BCUT2D eigenvalue weighted by molar-refractivity contribution is 7.99. The second-order valence-corrected chi connectivity index (χ2v) is 8.78. The molecule has 1 heterocycles. The molecule has 0 aliphatic heterocycles. The Kier molecular flexibility index (Phi) is 7.93. The van der Waals surface area contributed by atoms with Crippen LogP contribution in [0.15, 0.2) is 41.6 Å². The van der Waals surface area contributed by atoms with Crippen LogP contribution in [0.1, 0.15) is 36.9 Å². The first-order valence-corrected chi connectivity index (χ1v) is 11.6. The van der Waals surface area contributed by atoms with Gasteiger partial charge in [0.25, 0.3) is 5.69 Å². The molecule has 1 aromatic heterocycles. The molecule has 11 heteroatoms. The quantitative estimate of drug-likeness (QED) is 0.245. The van der Waals surface area contributed by atoms with Crippen LogP contribution in [-0.2, 0) is 11.3 Å². The number of halogens is 1. The van der Waals surface area contributed by atoms with Crippen molar-refractivity contribution in [2.75, 3.05) is 11.1 Å². The number of hydrogen-bond acceptors (Lipinski definition) is 7. The van der Waals surface area contributed by atoms with Crippen LogP contribution in [0.25, 0.3) is 0 Å². The molecule has 1 unspecified atom stereocenters. The molecule has 1 atom stereocenters. The lowest BCUT2D eigenvalue weighted by Gasteiger charge is -2.16. The number of nitro groups is 1. The lowest BCUT2D eigenvalue weighted by Crippen LogP contribution is -2.15. The second kappa shape index (κ2) is 10.7. The average Bonchev–Trinajstić information content (AvgIpc) is 3.15. The van der Waals surface area contributed by atoms with E-state index in [0.29, 0.717) is 23.2 Å². The summed E-state index contributed by atoms with van der Waals surface area (Å²) in [5.41, 5.74) is 2.25. The molecule has 1 N–H and O–H groups in total. The van der Waals surface area contributed by atoms with Crippen LogP contribution >= 0.6 is 23.4 Å². The Morgan fingerprint density at radius 1 is 1.24 bits per heavy atom. The van der Waals surface area contributed by atoms with Gasteiger partial charge in [-0.1, -0.05) is 29.4 Å². The lowest BCUT2D eigenvalue weighted by molar-refractivity contribution is -0.384. The summed E-state index contributed by atoms with van der Waals surface area (Å²) in [6, 6.07) is 10.1. The van der Waals surface area contributed by atoms with Gasteiger partial charge < -0.3 is 14.6 Å². The topological polar surface area (TPSA) is 112 Å². The van der Waals surface area contributed by atoms with Crippen LogP contribution in [0.4, 0.5) is 11.4 Å². The number of rotatable bonds is 9. The van der Waals surface area contributed by atoms with E-state index in [1.807, 2.05) is 44.4 Å². The van der Waals surface area contributed by atoms with Crippen LogP contribution in [-0.4, -0.2) is 31.3 Å². The molecule has 0 spiro atoms. The van der Waals surface area contributed by atoms with Crippen molar-refractivity contribution in [2.45, 2.75) is 45.5 Å². The summed E-state index contributed by atoms with van der Waals surface area (Å²) in [7, 11) is 0. The molecule has 0 bridgehead atoms. The molecule has 0 saturated carbocycles. The Morgan fingerprint density at radius 2 is 1.94 bits per heavy atom. The third-order valence-electron chi connectivity index (χ3n) is 4.69. The van der Waals surface area contributed by atoms with Crippen LogP contribution in [0.2, 0.25) is 5.02 Å². The average molecular weight is 490 g/mol.